The molecule has 0 aliphatic heterocycles. The van der Waals surface area contributed by atoms with Gasteiger partial charge in [-0.2, -0.15) is 15.0 Å². The van der Waals surface area contributed by atoms with Crippen LogP contribution < -0.4 is 16.4 Å². The van der Waals surface area contributed by atoms with Gasteiger partial charge in [-0.05, 0) is 24.3 Å². The predicted octanol–water partition coefficient (Wildman–Crippen LogP) is 3.11. The Hall–Kier alpha value is -4.40. The highest BCUT2D eigenvalue weighted by Gasteiger charge is 2.16. The number of fused-ring (bicyclic) bond motifs is 1. The number of benzene rings is 2. The van der Waals surface area contributed by atoms with Crippen LogP contribution in [0.1, 0.15) is 5.82 Å². The minimum absolute atomic E-state index is 0.0440. The summed E-state index contributed by atoms with van der Waals surface area (Å²) in [5.74, 6) is 0.954. The normalized spacial score (nSPS) is 12.3. The summed E-state index contributed by atoms with van der Waals surface area (Å²) in [5.41, 5.74) is 13.5. The van der Waals surface area contributed by atoms with E-state index in [0.717, 1.165) is 11.1 Å². The first-order valence-electron chi connectivity index (χ1n) is 9.00. The van der Waals surface area contributed by atoms with Crippen LogP contribution in [-0.2, 0) is 0 Å². The molecular weight excluding hydrogens is 382 g/mol. The van der Waals surface area contributed by atoms with Crippen LogP contribution in [-0.4, -0.2) is 29.0 Å². The highest BCUT2D eigenvalue weighted by Crippen LogP contribution is 2.26. The second-order valence-corrected chi connectivity index (χ2v) is 6.35. The number of rotatable bonds is 5. The number of nitrogens with zero attached hydrogens (tertiary/aromatic N) is 5. The molecule has 4 rings (SSSR count). The molecule has 0 bridgehead atoms. The third-order valence-electron chi connectivity index (χ3n) is 4.30. The molecule has 0 saturated carbocycles. The Morgan fingerprint density at radius 1 is 1.03 bits per heavy atom. The van der Waals surface area contributed by atoms with E-state index >= 15 is 0 Å². The summed E-state index contributed by atoms with van der Waals surface area (Å²) in [4.78, 5) is 14.2. The van der Waals surface area contributed by atoms with E-state index in [1.807, 2.05) is 61.6 Å². The Balaban J connectivity index is 1.51. The second-order valence-electron chi connectivity index (χ2n) is 6.35. The van der Waals surface area contributed by atoms with Gasteiger partial charge in [0.1, 0.15) is 11.4 Å². The molecule has 0 aliphatic rings. The van der Waals surface area contributed by atoms with Gasteiger partial charge in [-0.15, -0.1) is 0 Å². The van der Waals surface area contributed by atoms with Crippen LogP contribution in [0.2, 0.25) is 0 Å². The molecule has 150 valence electrons. The minimum atomic E-state index is -0.0876. The van der Waals surface area contributed by atoms with Gasteiger partial charge in [-0.3, -0.25) is 0 Å². The number of aromatic nitrogens is 2. The molecule has 9 nitrogen and oxygen atoms in total. The average molecular weight is 401 g/mol. The molecule has 0 atom stereocenters. The van der Waals surface area contributed by atoms with Crippen LogP contribution in [0.25, 0.3) is 22.6 Å². The largest absolute Gasteiger partial charge is 0.451 e. The summed E-state index contributed by atoms with van der Waals surface area (Å²) in [7, 11) is 1.82. The lowest BCUT2D eigenvalue weighted by atomic mass is 10.2. The van der Waals surface area contributed by atoms with Gasteiger partial charge < -0.3 is 25.3 Å². The quantitative estimate of drug-likeness (QED) is 0.388. The van der Waals surface area contributed by atoms with E-state index in [4.69, 9.17) is 20.4 Å². The molecule has 0 aliphatic carbocycles. The number of para-hydroxylation sites is 2. The molecule has 0 amide bonds. The maximum absolute atomic E-state index is 5.96. The number of nitrogens with two attached hydrogens (primary N) is 2. The van der Waals surface area contributed by atoms with Crippen molar-refractivity contribution in [1.82, 2.24) is 10.1 Å². The van der Waals surface area contributed by atoms with Crippen molar-refractivity contribution in [3.05, 3.63) is 78.9 Å². The number of aliphatic imine (C=N–C) groups is 2. The van der Waals surface area contributed by atoms with E-state index in [2.05, 4.69) is 26.7 Å². The van der Waals surface area contributed by atoms with Crippen molar-refractivity contribution in [3.63, 3.8) is 0 Å². The van der Waals surface area contributed by atoms with Crippen molar-refractivity contribution in [1.29, 1.82) is 0 Å². The third-order valence-corrected chi connectivity index (χ3v) is 4.30. The number of hydrogen-bond donors (Lipinski definition) is 2. The van der Waals surface area contributed by atoms with E-state index in [0.29, 0.717) is 17.2 Å². The molecule has 9 heteroatoms. The lowest BCUT2D eigenvalue weighted by Crippen LogP contribution is -2.22. The van der Waals surface area contributed by atoms with Gasteiger partial charge in [0.15, 0.2) is 11.6 Å². The standard InChI is InChI=1S/C21H19N7O2/c1-13(28(2)15-9-4-3-5-10-15)24-21(23)25-18(22)19-26-20(30-27-19)17-12-14-8-6-7-11-16(14)29-17/h3-12H,1H2,2H3,(H4,22,23,24,25). The average Bonchev–Trinajstić information content (AvgIpc) is 3.40. The summed E-state index contributed by atoms with van der Waals surface area (Å²) in [6.07, 6.45) is 0. The van der Waals surface area contributed by atoms with Crippen molar-refractivity contribution in [2.45, 2.75) is 0 Å². The summed E-state index contributed by atoms with van der Waals surface area (Å²) in [6, 6.07) is 19.0. The van der Waals surface area contributed by atoms with E-state index in [1.54, 1.807) is 11.0 Å². The molecule has 2 aromatic heterocycles. The first-order chi connectivity index (χ1) is 14.5. The van der Waals surface area contributed by atoms with Crippen LogP contribution in [0.15, 0.2) is 92.0 Å². The fourth-order valence-corrected chi connectivity index (χ4v) is 2.72. The highest BCUT2D eigenvalue weighted by molar-refractivity contribution is 6.02. The van der Waals surface area contributed by atoms with E-state index in [9.17, 15) is 0 Å². The Kier molecular flexibility index (Phi) is 5.00. The monoisotopic (exact) mass is 401 g/mol. The molecular formula is C21H19N7O2. The number of guanidine groups is 1. The van der Waals surface area contributed by atoms with Crippen LogP contribution in [0.3, 0.4) is 0 Å². The Labute approximate surface area is 172 Å². The molecule has 4 N–H and O–H groups in total. The zero-order chi connectivity index (χ0) is 21.1. The summed E-state index contributed by atoms with van der Waals surface area (Å²) in [5, 5.41) is 4.75. The number of amidine groups is 1. The molecule has 4 aromatic rings. The third kappa shape index (κ3) is 3.90. The number of anilines is 1. The fraction of sp³-hybridized carbons (Fsp3) is 0.0476. The van der Waals surface area contributed by atoms with Crippen molar-refractivity contribution in [3.8, 4) is 11.7 Å². The van der Waals surface area contributed by atoms with Crippen molar-refractivity contribution in [2.75, 3.05) is 11.9 Å². The van der Waals surface area contributed by atoms with Gasteiger partial charge in [-0.1, -0.05) is 48.1 Å². The topological polar surface area (TPSA) is 132 Å². The number of hydrogen-bond acceptors (Lipinski definition) is 6. The van der Waals surface area contributed by atoms with Crippen LogP contribution in [0.5, 0.6) is 0 Å². The van der Waals surface area contributed by atoms with Crippen molar-refractivity contribution < 1.29 is 8.94 Å². The number of furan rings is 1. The Morgan fingerprint density at radius 2 is 1.77 bits per heavy atom. The molecule has 0 unspecified atom stereocenters. The zero-order valence-electron chi connectivity index (χ0n) is 16.2. The molecule has 2 aromatic carbocycles. The van der Waals surface area contributed by atoms with Crippen molar-refractivity contribution >= 4 is 28.5 Å². The van der Waals surface area contributed by atoms with Crippen LogP contribution in [0, 0.1) is 0 Å². The van der Waals surface area contributed by atoms with Gasteiger partial charge in [0.05, 0.1) is 0 Å². The Morgan fingerprint density at radius 3 is 2.53 bits per heavy atom. The van der Waals surface area contributed by atoms with Gasteiger partial charge in [0.25, 0.3) is 5.89 Å². The van der Waals surface area contributed by atoms with E-state index in [-0.39, 0.29) is 23.5 Å². The highest BCUT2D eigenvalue weighted by atomic mass is 16.5. The van der Waals surface area contributed by atoms with Crippen LogP contribution >= 0.6 is 0 Å². The first-order valence-corrected chi connectivity index (χ1v) is 9.00. The fourth-order valence-electron chi connectivity index (χ4n) is 2.72. The lowest BCUT2D eigenvalue weighted by Gasteiger charge is -2.18. The van der Waals surface area contributed by atoms with E-state index in [1.165, 1.54) is 0 Å². The molecule has 30 heavy (non-hydrogen) atoms. The van der Waals surface area contributed by atoms with Gasteiger partial charge in [0, 0.05) is 18.1 Å². The van der Waals surface area contributed by atoms with Gasteiger partial charge >= 0.3 is 0 Å². The molecule has 0 spiro atoms. The van der Waals surface area contributed by atoms with E-state index < -0.39 is 0 Å². The summed E-state index contributed by atoms with van der Waals surface area (Å²) in [6.45, 7) is 3.90. The predicted molar refractivity (Wildman–Crippen MR) is 116 cm³/mol. The molecule has 2 heterocycles. The second kappa shape index (κ2) is 7.92. The SMILES string of the molecule is C=C(/N=C(N)\N=C(/N)c1noc(-c2cc3ccccc3o2)n1)N(C)c1ccccc1. The molecule has 0 saturated heterocycles. The lowest BCUT2D eigenvalue weighted by molar-refractivity contribution is 0.417. The minimum Gasteiger partial charge on any atom is -0.451 e. The molecule has 0 fully saturated rings. The smallest absolute Gasteiger partial charge is 0.294 e. The van der Waals surface area contributed by atoms with Gasteiger partial charge in [-0.25, -0.2) is 0 Å². The first kappa shape index (κ1) is 18.9. The van der Waals surface area contributed by atoms with Crippen molar-refractivity contribution in [2.24, 2.45) is 21.5 Å². The zero-order valence-corrected chi connectivity index (χ0v) is 16.2. The van der Waals surface area contributed by atoms with Gasteiger partial charge in [0.2, 0.25) is 11.8 Å². The Bertz CT molecular complexity index is 1220. The molecule has 0 radical (unpaired) electrons. The maximum atomic E-state index is 5.96. The summed E-state index contributed by atoms with van der Waals surface area (Å²) >= 11 is 0. The maximum Gasteiger partial charge on any atom is 0.294 e. The summed E-state index contributed by atoms with van der Waals surface area (Å²) < 4.78 is 10.9. The van der Waals surface area contributed by atoms with Crippen LogP contribution in [0.4, 0.5) is 5.69 Å².